The molecule has 0 radical (unpaired) electrons. The van der Waals surface area contributed by atoms with E-state index in [2.05, 4.69) is 28.9 Å². The number of nitrogens with zero attached hydrogens (tertiary/aromatic N) is 2. The second kappa shape index (κ2) is 5.98. The topological polar surface area (TPSA) is 51.4 Å². The Morgan fingerprint density at radius 2 is 2.18 bits per heavy atom. The molecule has 4 nitrogen and oxygen atoms in total. The van der Waals surface area contributed by atoms with E-state index in [-0.39, 0.29) is 6.04 Å². The lowest BCUT2D eigenvalue weighted by molar-refractivity contribution is 0.122. The van der Waals surface area contributed by atoms with E-state index in [9.17, 15) is 0 Å². The third-order valence-corrected chi connectivity index (χ3v) is 3.17. The highest BCUT2D eigenvalue weighted by Gasteiger charge is 2.12. The van der Waals surface area contributed by atoms with Gasteiger partial charge in [-0.1, -0.05) is 13.0 Å². The van der Waals surface area contributed by atoms with Gasteiger partial charge in [0.2, 0.25) is 0 Å². The van der Waals surface area contributed by atoms with Crippen molar-refractivity contribution in [2.45, 2.75) is 25.8 Å². The third-order valence-electron chi connectivity index (χ3n) is 3.17. The Morgan fingerprint density at radius 1 is 1.41 bits per heavy atom. The van der Waals surface area contributed by atoms with Gasteiger partial charge >= 0.3 is 0 Å². The van der Waals surface area contributed by atoms with Crippen LogP contribution in [-0.4, -0.2) is 37.3 Å². The second-order valence-corrected chi connectivity index (χ2v) is 4.50. The Hall–Kier alpha value is -1.13. The largest absolute Gasteiger partial charge is 0.378 e. The summed E-state index contributed by atoms with van der Waals surface area (Å²) >= 11 is 0. The van der Waals surface area contributed by atoms with Gasteiger partial charge in [-0.25, -0.2) is 4.98 Å². The van der Waals surface area contributed by atoms with Gasteiger partial charge in [0, 0.05) is 25.3 Å². The summed E-state index contributed by atoms with van der Waals surface area (Å²) in [6.45, 7) is 5.57. The predicted octanol–water partition coefficient (Wildman–Crippen LogP) is 1.20. The van der Waals surface area contributed by atoms with Crippen LogP contribution in [0.2, 0.25) is 0 Å². The molecule has 0 spiro atoms. The fourth-order valence-corrected chi connectivity index (χ4v) is 1.96. The van der Waals surface area contributed by atoms with Gasteiger partial charge in [-0.2, -0.15) is 0 Å². The van der Waals surface area contributed by atoms with Crippen molar-refractivity contribution in [2.75, 3.05) is 31.2 Å². The maximum Gasteiger partial charge on any atom is 0.128 e. The molecule has 1 aliphatic heterocycles. The Morgan fingerprint density at radius 3 is 2.76 bits per heavy atom. The van der Waals surface area contributed by atoms with Gasteiger partial charge in [0.15, 0.2) is 0 Å². The molecule has 17 heavy (non-hydrogen) atoms. The minimum Gasteiger partial charge on any atom is -0.378 e. The lowest BCUT2D eigenvalue weighted by Crippen LogP contribution is -2.36. The molecule has 0 saturated carbocycles. The fraction of sp³-hybridized carbons (Fsp3) is 0.615. The van der Waals surface area contributed by atoms with Crippen LogP contribution in [0.4, 0.5) is 5.82 Å². The van der Waals surface area contributed by atoms with Gasteiger partial charge in [-0.15, -0.1) is 0 Å². The van der Waals surface area contributed by atoms with Crippen LogP contribution in [0.5, 0.6) is 0 Å². The molecule has 1 aromatic rings. The van der Waals surface area contributed by atoms with Gasteiger partial charge in [-0.3, -0.25) is 0 Å². The van der Waals surface area contributed by atoms with E-state index in [1.807, 2.05) is 6.20 Å². The van der Waals surface area contributed by atoms with Gasteiger partial charge in [-0.05, 0) is 24.5 Å². The molecule has 1 atom stereocenters. The van der Waals surface area contributed by atoms with E-state index in [1.54, 1.807) is 0 Å². The highest BCUT2D eigenvalue weighted by Crippen LogP contribution is 2.13. The molecule has 4 heteroatoms. The molecule has 94 valence electrons. The molecule has 1 aromatic heterocycles. The molecule has 2 rings (SSSR count). The van der Waals surface area contributed by atoms with Crippen LogP contribution in [0, 0.1) is 0 Å². The van der Waals surface area contributed by atoms with Crippen molar-refractivity contribution in [3.05, 3.63) is 23.9 Å². The minimum absolute atomic E-state index is 0.242. The normalized spacial score (nSPS) is 18.1. The summed E-state index contributed by atoms with van der Waals surface area (Å²) in [6.07, 6.45) is 3.86. The highest BCUT2D eigenvalue weighted by molar-refractivity contribution is 5.39. The van der Waals surface area contributed by atoms with Crippen LogP contribution in [0.1, 0.15) is 18.9 Å². The SMILES string of the molecule is CCC(N)Cc1ccc(N2CCOCC2)nc1. The number of nitrogens with two attached hydrogens (primary N) is 1. The summed E-state index contributed by atoms with van der Waals surface area (Å²) in [7, 11) is 0. The lowest BCUT2D eigenvalue weighted by Gasteiger charge is -2.27. The third kappa shape index (κ3) is 3.41. The summed E-state index contributed by atoms with van der Waals surface area (Å²) in [4.78, 5) is 6.76. The van der Waals surface area contributed by atoms with Crippen LogP contribution in [-0.2, 0) is 11.2 Å². The van der Waals surface area contributed by atoms with Gasteiger partial charge < -0.3 is 15.4 Å². The maximum absolute atomic E-state index is 5.93. The van der Waals surface area contributed by atoms with E-state index in [4.69, 9.17) is 10.5 Å². The summed E-state index contributed by atoms with van der Waals surface area (Å²) < 4.78 is 5.33. The van der Waals surface area contributed by atoms with Crippen molar-refractivity contribution < 1.29 is 4.74 Å². The Bertz CT molecular complexity index is 333. The molecule has 2 heterocycles. The van der Waals surface area contributed by atoms with E-state index >= 15 is 0 Å². The van der Waals surface area contributed by atoms with Crippen LogP contribution < -0.4 is 10.6 Å². The van der Waals surface area contributed by atoms with Crippen molar-refractivity contribution in [2.24, 2.45) is 5.73 Å². The van der Waals surface area contributed by atoms with Crippen LogP contribution >= 0.6 is 0 Å². The molecule has 1 aliphatic rings. The summed E-state index contributed by atoms with van der Waals surface area (Å²) in [5.41, 5.74) is 7.15. The van der Waals surface area contributed by atoms with Crippen LogP contribution in [0.25, 0.3) is 0 Å². The van der Waals surface area contributed by atoms with Gasteiger partial charge in [0.25, 0.3) is 0 Å². The molecule has 0 aromatic carbocycles. The van der Waals surface area contributed by atoms with E-state index in [0.717, 1.165) is 45.0 Å². The van der Waals surface area contributed by atoms with Crippen LogP contribution in [0.15, 0.2) is 18.3 Å². The number of aromatic nitrogens is 1. The van der Waals surface area contributed by atoms with Gasteiger partial charge in [0.1, 0.15) is 5.82 Å². The Balaban J connectivity index is 1.97. The summed E-state index contributed by atoms with van der Waals surface area (Å²) in [6, 6.07) is 4.46. The molecule has 1 fully saturated rings. The highest BCUT2D eigenvalue weighted by atomic mass is 16.5. The fourth-order valence-electron chi connectivity index (χ4n) is 1.96. The molecule has 1 unspecified atom stereocenters. The van der Waals surface area contributed by atoms with E-state index in [0.29, 0.717) is 0 Å². The molecule has 0 aliphatic carbocycles. The zero-order valence-corrected chi connectivity index (χ0v) is 10.4. The number of rotatable bonds is 4. The monoisotopic (exact) mass is 235 g/mol. The molecule has 0 bridgehead atoms. The first-order chi connectivity index (χ1) is 8.29. The first-order valence-corrected chi connectivity index (χ1v) is 6.33. The first-order valence-electron chi connectivity index (χ1n) is 6.33. The van der Waals surface area contributed by atoms with E-state index in [1.165, 1.54) is 5.56 Å². The number of ether oxygens (including phenoxy) is 1. The standard InChI is InChI=1S/C13H21N3O/c1-2-12(14)9-11-3-4-13(15-10-11)16-5-7-17-8-6-16/h3-4,10,12H,2,5-9,14H2,1H3. The molecular weight excluding hydrogens is 214 g/mol. The summed E-state index contributed by atoms with van der Waals surface area (Å²) in [5.74, 6) is 1.04. The molecular formula is C13H21N3O. The zero-order chi connectivity index (χ0) is 12.1. The van der Waals surface area contributed by atoms with E-state index < -0.39 is 0 Å². The number of hydrogen-bond donors (Lipinski definition) is 1. The predicted molar refractivity (Wildman–Crippen MR) is 69.2 cm³/mol. The quantitative estimate of drug-likeness (QED) is 0.852. The average molecular weight is 235 g/mol. The number of anilines is 1. The minimum atomic E-state index is 0.242. The maximum atomic E-state index is 5.93. The molecule has 2 N–H and O–H groups in total. The number of pyridine rings is 1. The van der Waals surface area contributed by atoms with Crippen molar-refractivity contribution in [1.29, 1.82) is 0 Å². The molecule has 0 amide bonds. The number of morpholine rings is 1. The van der Waals surface area contributed by atoms with Crippen molar-refractivity contribution in [1.82, 2.24) is 4.98 Å². The Kier molecular flexibility index (Phi) is 4.34. The zero-order valence-electron chi connectivity index (χ0n) is 10.4. The lowest BCUT2D eigenvalue weighted by atomic mass is 10.1. The smallest absolute Gasteiger partial charge is 0.128 e. The first kappa shape index (κ1) is 12.3. The van der Waals surface area contributed by atoms with Crippen LogP contribution in [0.3, 0.4) is 0 Å². The average Bonchev–Trinajstić information content (AvgIpc) is 2.40. The van der Waals surface area contributed by atoms with Crippen molar-refractivity contribution in [3.63, 3.8) is 0 Å². The Labute approximate surface area is 103 Å². The van der Waals surface area contributed by atoms with Crippen molar-refractivity contribution in [3.8, 4) is 0 Å². The molecule has 1 saturated heterocycles. The number of hydrogen-bond acceptors (Lipinski definition) is 4. The summed E-state index contributed by atoms with van der Waals surface area (Å²) in [5, 5.41) is 0. The van der Waals surface area contributed by atoms with Gasteiger partial charge in [0.05, 0.1) is 13.2 Å². The van der Waals surface area contributed by atoms with Crippen molar-refractivity contribution >= 4 is 5.82 Å². The second-order valence-electron chi connectivity index (χ2n) is 4.50.